The average Bonchev–Trinajstić information content (AvgIpc) is 2.81. The minimum absolute atomic E-state index is 0.0313. The van der Waals surface area contributed by atoms with Crippen molar-refractivity contribution >= 4 is 21.6 Å². The van der Waals surface area contributed by atoms with Gasteiger partial charge in [-0.1, -0.05) is 22.0 Å². The third-order valence-corrected chi connectivity index (χ3v) is 3.58. The Bertz CT molecular complexity index is 509. The smallest absolute Gasteiger partial charge is 0.123 e. The molecule has 96 valence electrons. The normalized spacial score (nSPS) is 12.4. The zero-order valence-corrected chi connectivity index (χ0v) is 12.1. The van der Waals surface area contributed by atoms with E-state index in [1.54, 1.807) is 6.26 Å². The predicted octanol–water partition coefficient (Wildman–Crippen LogP) is 3.70. The molecule has 0 aliphatic heterocycles. The largest absolute Gasteiger partial charge is 0.467 e. The van der Waals surface area contributed by atoms with Crippen molar-refractivity contribution in [2.45, 2.75) is 19.5 Å². The van der Waals surface area contributed by atoms with E-state index in [0.29, 0.717) is 0 Å². The molecule has 3 nitrogen and oxygen atoms in total. The first-order valence-electron chi connectivity index (χ1n) is 5.86. The highest BCUT2D eigenvalue weighted by Crippen LogP contribution is 2.27. The number of benzene rings is 1. The summed E-state index contributed by atoms with van der Waals surface area (Å²) in [5.41, 5.74) is 8.14. The summed E-state index contributed by atoms with van der Waals surface area (Å²) in [6.45, 7) is 2.73. The summed E-state index contributed by atoms with van der Waals surface area (Å²) >= 11 is 3.56. The molecule has 0 bridgehead atoms. The molecule has 0 aliphatic rings. The fourth-order valence-electron chi connectivity index (χ4n) is 1.85. The van der Waals surface area contributed by atoms with Crippen molar-refractivity contribution in [2.24, 2.45) is 5.73 Å². The van der Waals surface area contributed by atoms with E-state index in [1.165, 1.54) is 0 Å². The molecular weight excluding hydrogens is 292 g/mol. The van der Waals surface area contributed by atoms with Gasteiger partial charge in [-0.3, -0.25) is 0 Å². The van der Waals surface area contributed by atoms with Gasteiger partial charge < -0.3 is 15.1 Å². The van der Waals surface area contributed by atoms with E-state index in [-0.39, 0.29) is 6.04 Å². The maximum absolute atomic E-state index is 5.89. The van der Waals surface area contributed by atoms with E-state index in [4.69, 9.17) is 10.2 Å². The van der Waals surface area contributed by atoms with Crippen LogP contribution in [0, 0.1) is 0 Å². The number of halogens is 1. The molecule has 0 spiro atoms. The van der Waals surface area contributed by atoms with Crippen LogP contribution < -0.4 is 10.6 Å². The first-order chi connectivity index (χ1) is 8.58. The third-order valence-electron chi connectivity index (χ3n) is 2.89. The van der Waals surface area contributed by atoms with Crippen molar-refractivity contribution < 1.29 is 4.42 Å². The van der Waals surface area contributed by atoms with Crippen LogP contribution in [0.5, 0.6) is 0 Å². The van der Waals surface area contributed by atoms with Gasteiger partial charge >= 0.3 is 0 Å². The fraction of sp³-hybridized carbons (Fsp3) is 0.286. The lowest BCUT2D eigenvalue weighted by atomic mass is 10.1. The molecule has 0 aliphatic carbocycles. The molecule has 0 amide bonds. The van der Waals surface area contributed by atoms with Crippen molar-refractivity contribution in [1.82, 2.24) is 0 Å². The SMILES string of the molecule is C[C@@H](N)c1ccc(N(C)Cc2ccco2)cc1Br. The van der Waals surface area contributed by atoms with Crippen LogP contribution in [0.15, 0.2) is 45.5 Å². The number of hydrogen-bond acceptors (Lipinski definition) is 3. The molecule has 2 aromatic rings. The van der Waals surface area contributed by atoms with Gasteiger partial charge in [0.15, 0.2) is 0 Å². The van der Waals surface area contributed by atoms with Gasteiger partial charge in [0.05, 0.1) is 12.8 Å². The summed E-state index contributed by atoms with van der Waals surface area (Å²) < 4.78 is 6.39. The molecule has 4 heteroatoms. The third kappa shape index (κ3) is 2.94. The van der Waals surface area contributed by atoms with E-state index < -0.39 is 0 Å². The van der Waals surface area contributed by atoms with Crippen molar-refractivity contribution in [3.8, 4) is 0 Å². The van der Waals surface area contributed by atoms with Gasteiger partial charge in [0.25, 0.3) is 0 Å². The molecule has 2 rings (SSSR count). The number of nitrogens with two attached hydrogens (primary N) is 1. The number of rotatable bonds is 4. The average molecular weight is 309 g/mol. The summed E-state index contributed by atoms with van der Waals surface area (Å²) in [7, 11) is 2.04. The van der Waals surface area contributed by atoms with Crippen LogP contribution in [0.4, 0.5) is 5.69 Å². The second-order valence-electron chi connectivity index (χ2n) is 4.43. The maximum Gasteiger partial charge on any atom is 0.123 e. The van der Waals surface area contributed by atoms with Crippen molar-refractivity contribution in [3.63, 3.8) is 0 Å². The lowest BCUT2D eigenvalue weighted by Crippen LogP contribution is -2.16. The minimum atomic E-state index is 0.0313. The lowest BCUT2D eigenvalue weighted by Gasteiger charge is -2.19. The number of nitrogens with zero attached hydrogens (tertiary/aromatic N) is 1. The highest BCUT2D eigenvalue weighted by Gasteiger charge is 2.09. The number of hydrogen-bond donors (Lipinski definition) is 1. The van der Waals surface area contributed by atoms with Gasteiger partial charge in [-0.05, 0) is 36.8 Å². The molecule has 0 radical (unpaired) electrons. The minimum Gasteiger partial charge on any atom is -0.467 e. The first-order valence-corrected chi connectivity index (χ1v) is 6.66. The molecule has 1 aromatic heterocycles. The monoisotopic (exact) mass is 308 g/mol. The zero-order valence-electron chi connectivity index (χ0n) is 10.6. The van der Waals surface area contributed by atoms with E-state index in [9.17, 15) is 0 Å². The molecule has 1 aromatic carbocycles. The van der Waals surface area contributed by atoms with Crippen molar-refractivity contribution in [3.05, 3.63) is 52.4 Å². The van der Waals surface area contributed by atoms with Crippen LogP contribution >= 0.6 is 15.9 Å². The van der Waals surface area contributed by atoms with Crippen molar-refractivity contribution in [1.29, 1.82) is 0 Å². The summed E-state index contributed by atoms with van der Waals surface area (Å²) in [5, 5.41) is 0. The van der Waals surface area contributed by atoms with Gasteiger partial charge in [0, 0.05) is 23.2 Å². The van der Waals surface area contributed by atoms with E-state index in [2.05, 4.69) is 39.0 Å². The number of furan rings is 1. The Morgan fingerprint density at radius 2 is 2.17 bits per heavy atom. The molecule has 0 saturated carbocycles. The first kappa shape index (κ1) is 13.2. The van der Waals surface area contributed by atoms with Crippen LogP contribution in [0.25, 0.3) is 0 Å². The second-order valence-corrected chi connectivity index (χ2v) is 5.28. The Balaban J connectivity index is 2.16. The highest BCUT2D eigenvalue weighted by molar-refractivity contribution is 9.10. The van der Waals surface area contributed by atoms with E-state index in [1.807, 2.05) is 26.1 Å². The van der Waals surface area contributed by atoms with Gasteiger partial charge in [-0.2, -0.15) is 0 Å². The van der Waals surface area contributed by atoms with Gasteiger partial charge in [0.1, 0.15) is 5.76 Å². The summed E-state index contributed by atoms with van der Waals surface area (Å²) in [5.74, 6) is 0.949. The van der Waals surface area contributed by atoms with Gasteiger partial charge in [0.2, 0.25) is 0 Å². The zero-order chi connectivity index (χ0) is 13.1. The van der Waals surface area contributed by atoms with Gasteiger partial charge in [-0.25, -0.2) is 0 Å². The maximum atomic E-state index is 5.89. The van der Waals surface area contributed by atoms with Gasteiger partial charge in [-0.15, -0.1) is 0 Å². The van der Waals surface area contributed by atoms with Crippen LogP contribution in [0.3, 0.4) is 0 Å². The summed E-state index contributed by atoms with van der Waals surface area (Å²) in [6.07, 6.45) is 1.69. The molecule has 1 atom stereocenters. The second kappa shape index (κ2) is 5.59. The molecule has 18 heavy (non-hydrogen) atoms. The Hall–Kier alpha value is -1.26. The summed E-state index contributed by atoms with van der Waals surface area (Å²) in [6, 6.07) is 10.1. The van der Waals surface area contributed by atoms with Crippen LogP contribution in [-0.4, -0.2) is 7.05 Å². The highest BCUT2D eigenvalue weighted by atomic mass is 79.9. The van der Waals surface area contributed by atoms with Crippen LogP contribution in [0.1, 0.15) is 24.3 Å². The van der Waals surface area contributed by atoms with E-state index in [0.717, 1.165) is 28.0 Å². The Kier molecular flexibility index (Phi) is 4.09. The van der Waals surface area contributed by atoms with Crippen molar-refractivity contribution in [2.75, 3.05) is 11.9 Å². The standard InChI is InChI=1S/C14H17BrN2O/c1-10(16)13-6-5-11(8-14(13)15)17(2)9-12-4-3-7-18-12/h3-8,10H,9,16H2,1-2H3/t10-/m1/s1. The van der Waals surface area contributed by atoms with Crippen LogP contribution in [-0.2, 0) is 6.54 Å². The Morgan fingerprint density at radius 3 is 2.72 bits per heavy atom. The molecule has 2 N–H and O–H groups in total. The molecular formula is C14H17BrN2O. The van der Waals surface area contributed by atoms with E-state index >= 15 is 0 Å². The van der Waals surface area contributed by atoms with Crippen LogP contribution in [0.2, 0.25) is 0 Å². The Labute approximate surface area is 116 Å². The molecule has 0 saturated heterocycles. The fourth-order valence-corrected chi connectivity index (χ4v) is 2.58. The molecule has 1 heterocycles. The molecule has 0 unspecified atom stereocenters. The summed E-state index contributed by atoms with van der Waals surface area (Å²) in [4.78, 5) is 2.13. The Morgan fingerprint density at radius 1 is 1.39 bits per heavy atom. The molecule has 0 fully saturated rings. The number of anilines is 1. The quantitative estimate of drug-likeness (QED) is 0.936. The lowest BCUT2D eigenvalue weighted by molar-refractivity contribution is 0.507. The predicted molar refractivity (Wildman–Crippen MR) is 77.6 cm³/mol. The topological polar surface area (TPSA) is 42.4 Å².